The third-order valence-corrected chi connectivity index (χ3v) is 4.04. The van der Waals surface area contributed by atoms with Crippen molar-refractivity contribution < 1.29 is 18.7 Å². The lowest BCUT2D eigenvalue weighted by Crippen LogP contribution is -2.30. The number of halogens is 1. The van der Waals surface area contributed by atoms with Crippen LogP contribution in [0.2, 0.25) is 0 Å². The van der Waals surface area contributed by atoms with Gasteiger partial charge < -0.3 is 19.4 Å². The van der Waals surface area contributed by atoms with E-state index in [-0.39, 0.29) is 17.7 Å². The van der Waals surface area contributed by atoms with E-state index in [2.05, 4.69) is 5.32 Å². The molecule has 2 atom stereocenters. The lowest BCUT2D eigenvalue weighted by Gasteiger charge is -2.17. The van der Waals surface area contributed by atoms with Crippen molar-refractivity contribution in [3.05, 3.63) is 48.5 Å². The number of nitrogens with zero attached hydrogens (tertiary/aromatic N) is 1. The highest BCUT2D eigenvalue weighted by molar-refractivity contribution is 5.94. The van der Waals surface area contributed by atoms with Crippen molar-refractivity contribution >= 4 is 11.6 Å². The fourth-order valence-corrected chi connectivity index (χ4v) is 2.61. The Morgan fingerprint density at radius 1 is 1.46 bits per heavy atom. The van der Waals surface area contributed by atoms with E-state index in [0.29, 0.717) is 6.61 Å². The lowest BCUT2D eigenvalue weighted by molar-refractivity contribution is -0.128. The quantitative estimate of drug-likeness (QED) is 0.884. The normalized spacial score (nSPS) is 18.5. The summed E-state index contributed by atoms with van der Waals surface area (Å²) in [5, 5.41) is 2.59. The monoisotopic (exact) mass is 332 g/mol. The Bertz CT molecular complexity index is 682. The van der Waals surface area contributed by atoms with Crippen LogP contribution >= 0.6 is 0 Å². The summed E-state index contributed by atoms with van der Waals surface area (Å²) in [6.45, 7) is 2.77. The molecule has 0 saturated carbocycles. The summed E-state index contributed by atoms with van der Waals surface area (Å²) < 4.78 is 26.8. The van der Waals surface area contributed by atoms with Gasteiger partial charge in [-0.05, 0) is 50.1 Å². The number of benzene rings is 1. The van der Waals surface area contributed by atoms with E-state index in [9.17, 15) is 9.18 Å². The zero-order chi connectivity index (χ0) is 16.9. The third-order valence-electron chi connectivity index (χ3n) is 4.04. The molecule has 2 aromatic rings. The van der Waals surface area contributed by atoms with Crippen molar-refractivity contribution in [3.63, 3.8) is 0 Å². The molecule has 1 saturated heterocycles. The standard InChI is InChI=1S/C18H21FN2O3/c1-13(24-12-15-5-4-10-23-15)18(22)20-17-11-14(6-7-16(17)19)21-8-2-3-9-21/h2-3,6-9,11,13,15H,4-5,10,12H2,1H3,(H,20,22). The van der Waals surface area contributed by atoms with Crippen LogP contribution in [-0.2, 0) is 14.3 Å². The van der Waals surface area contributed by atoms with Gasteiger partial charge in [0, 0.05) is 24.7 Å². The predicted octanol–water partition coefficient (Wildman–Crippen LogP) is 3.14. The summed E-state index contributed by atoms with van der Waals surface area (Å²) >= 11 is 0. The van der Waals surface area contributed by atoms with Gasteiger partial charge in [0.25, 0.3) is 5.91 Å². The Balaban J connectivity index is 1.61. The molecule has 3 rings (SSSR count). The SMILES string of the molecule is CC(OCC1CCCO1)C(=O)Nc1cc(-n2cccc2)ccc1F. The van der Waals surface area contributed by atoms with Crippen molar-refractivity contribution in [2.45, 2.75) is 32.0 Å². The Kier molecular flexibility index (Phi) is 5.27. The summed E-state index contributed by atoms with van der Waals surface area (Å²) in [4.78, 5) is 12.2. The smallest absolute Gasteiger partial charge is 0.253 e. The van der Waals surface area contributed by atoms with E-state index in [4.69, 9.17) is 9.47 Å². The molecule has 2 heterocycles. The molecular formula is C18H21FN2O3. The highest BCUT2D eigenvalue weighted by Crippen LogP contribution is 2.20. The summed E-state index contributed by atoms with van der Waals surface area (Å²) in [5.41, 5.74) is 0.906. The average Bonchev–Trinajstić information content (AvgIpc) is 3.28. The molecule has 24 heavy (non-hydrogen) atoms. The lowest BCUT2D eigenvalue weighted by atomic mass is 10.2. The van der Waals surface area contributed by atoms with Crippen molar-refractivity contribution in [1.82, 2.24) is 4.57 Å². The van der Waals surface area contributed by atoms with Crippen molar-refractivity contribution in [2.75, 3.05) is 18.5 Å². The number of hydrogen-bond acceptors (Lipinski definition) is 3. The van der Waals surface area contributed by atoms with Gasteiger partial charge in [0.2, 0.25) is 0 Å². The largest absolute Gasteiger partial charge is 0.376 e. The Labute approximate surface area is 140 Å². The number of nitrogens with one attached hydrogen (secondary N) is 1. The highest BCUT2D eigenvalue weighted by atomic mass is 19.1. The number of rotatable bonds is 6. The van der Waals surface area contributed by atoms with Crippen LogP contribution in [0.1, 0.15) is 19.8 Å². The van der Waals surface area contributed by atoms with Crippen LogP contribution in [0.3, 0.4) is 0 Å². The Morgan fingerprint density at radius 3 is 2.96 bits per heavy atom. The Morgan fingerprint density at radius 2 is 2.25 bits per heavy atom. The summed E-state index contributed by atoms with van der Waals surface area (Å²) in [6.07, 6.45) is 5.05. The van der Waals surface area contributed by atoms with Crippen molar-refractivity contribution in [1.29, 1.82) is 0 Å². The molecule has 1 aromatic carbocycles. The van der Waals surface area contributed by atoms with E-state index in [0.717, 1.165) is 25.1 Å². The number of hydrogen-bond donors (Lipinski definition) is 1. The van der Waals surface area contributed by atoms with Gasteiger partial charge in [0.05, 0.1) is 18.4 Å². The highest BCUT2D eigenvalue weighted by Gasteiger charge is 2.20. The number of ether oxygens (including phenoxy) is 2. The first-order chi connectivity index (χ1) is 11.6. The maximum atomic E-state index is 14.0. The van der Waals surface area contributed by atoms with Crippen LogP contribution in [0, 0.1) is 5.82 Å². The number of anilines is 1. The third kappa shape index (κ3) is 4.01. The van der Waals surface area contributed by atoms with Gasteiger partial charge >= 0.3 is 0 Å². The summed E-state index contributed by atoms with van der Waals surface area (Å²) in [7, 11) is 0. The van der Waals surface area contributed by atoms with Crippen LogP contribution < -0.4 is 5.32 Å². The van der Waals surface area contributed by atoms with E-state index in [1.165, 1.54) is 6.07 Å². The second-order valence-electron chi connectivity index (χ2n) is 5.85. The van der Waals surface area contributed by atoms with Crippen LogP contribution in [0.4, 0.5) is 10.1 Å². The zero-order valence-electron chi connectivity index (χ0n) is 13.6. The first-order valence-electron chi connectivity index (χ1n) is 8.10. The maximum Gasteiger partial charge on any atom is 0.253 e. The molecule has 1 aliphatic rings. The van der Waals surface area contributed by atoms with Gasteiger partial charge in [-0.15, -0.1) is 0 Å². The van der Waals surface area contributed by atoms with Crippen LogP contribution in [0.25, 0.3) is 5.69 Å². The molecule has 6 heteroatoms. The number of carbonyl (C=O) groups excluding carboxylic acids is 1. The summed E-state index contributed by atoms with van der Waals surface area (Å²) in [6, 6.07) is 8.34. The minimum Gasteiger partial charge on any atom is -0.376 e. The van der Waals surface area contributed by atoms with Gasteiger partial charge in [-0.2, -0.15) is 0 Å². The molecule has 1 N–H and O–H groups in total. The molecule has 0 bridgehead atoms. The maximum absolute atomic E-state index is 14.0. The molecule has 1 aliphatic heterocycles. The van der Waals surface area contributed by atoms with Gasteiger partial charge in [0.15, 0.2) is 0 Å². The molecule has 2 unspecified atom stereocenters. The van der Waals surface area contributed by atoms with Gasteiger partial charge in [-0.3, -0.25) is 4.79 Å². The number of amides is 1. The second-order valence-corrected chi connectivity index (χ2v) is 5.85. The zero-order valence-corrected chi connectivity index (χ0v) is 13.6. The predicted molar refractivity (Wildman–Crippen MR) is 88.7 cm³/mol. The van der Waals surface area contributed by atoms with Gasteiger partial charge in [-0.25, -0.2) is 4.39 Å². The van der Waals surface area contributed by atoms with E-state index < -0.39 is 11.9 Å². The van der Waals surface area contributed by atoms with E-state index >= 15 is 0 Å². The fraction of sp³-hybridized carbons (Fsp3) is 0.389. The average molecular weight is 332 g/mol. The molecule has 128 valence electrons. The van der Waals surface area contributed by atoms with Crippen molar-refractivity contribution in [2.24, 2.45) is 0 Å². The van der Waals surface area contributed by atoms with E-state index in [1.807, 2.05) is 29.1 Å². The number of carbonyl (C=O) groups is 1. The molecule has 1 fully saturated rings. The number of aromatic nitrogens is 1. The molecular weight excluding hydrogens is 311 g/mol. The van der Waals surface area contributed by atoms with Crippen molar-refractivity contribution in [3.8, 4) is 5.69 Å². The minimum atomic E-state index is -0.677. The van der Waals surface area contributed by atoms with Crippen LogP contribution in [0.5, 0.6) is 0 Å². The minimum absolute atomic E-state index is 0.0501. The van der Waals surface area contributed by atoms with Crippen LogP contribution in [-0.4, -0.2) is 35.9 Å². The Hall–Kier alpha value is -2.18. The topological polar surface area (TPSA) is 52.5 Å². The molecule has 1 amide bonds. The second kappa shape index (κ2) is 7.59. The first kappa shape index (κ1) is 16.7. The molecule has 5 nitrogen and oxygen atoms in total. The molecule has 0 radical (unpaired) electrons. The summed E-state index contributed by atoms with van der Waals surface area (Å²) in [5.74, 6) is -0.859. The molecule has 0 spiro atoms. The molecule has 1 aromatic heterocycles. The molecule has 0 aliphatic carbocycles. The van der Waals surface area contributed by atoms with Gasteiger partial charge in [0.1, 0.15) is 11.9 Å². The van der Waals surface area contributed by atoms with E-state index in [1.54, 1.807) is 19.1 Å². The fourth-order valence-electron chi connectivity index (χ4n) is 2.61. The van der Waals surface area contributed by atoms with Crippen LogP contribution in [0.15, 0.2) is 42.7 Å². The van der Waals surface area contributed by atoms with Gasteiger partial charge in [-0.1, -0.05) is 0 Å². The first-order valence-corrected chi connectivity index (χ1v) is 8.10.